The van der Waals surface area contributed by atoms with Gasteiger partial charge in [0.1, 0.15) is 6.04 Å². The number of carboxylic acids is 1. The van der Waals surface area contributed by atoms with Crippen molar-refractivity contribution in [1.82, 2.24) is 10.6 Å². The van der Waals surface area contributed by atoms with E-state index in [-0.39, 0.29) is 12.3 Å². The highest BCUT2D eigenvalue weighted by Gasteiger charge is 2.34. The van der Waals surface area contributed by atoms with Gasteiger partial charge in [-0.2, -0.15) is 0 Å². The highest BCUT2D eigenvalue weighted by atomic mass is 16.4. The minimum Gasteiger partial charge on any atom is -0.481 e. The van der Waals surface area contributed by atoms with Gasteiger partial charge in [0.25, 0.3) is 0 Å². The van der Waals surface area contributed by atoms with Crippen molar-refractivity contribution in [2.45, 2.75) is 59.0 Å². The molecule has 32 heavy (non-hydrogen) atoms. The van der Waals surface area contributed by atoms with Gasteiger partial charge < -0.3 is 15.7 Å². The summed E-state index contributed by atoms with van der Waals surface area (Å²) in [4.78, 5) is 37.3. The number of benzene rings is 2. The van der Waals surface area contributed by atoms with Gasteiger partial charge >= 0.3 is 5.97 Å². The molecule has 0 aliphatic carbocycles. The zero-order valence-corrected chi connectivity index (χ0v) is 19.1. The van der Waals surface area contributed by atoms with Crippen molar-refractivity contribution in [3.63, 3.8) is 0 Å². The Morgan fingerprint density at radius 3 is 1.97 bits per heavy atom. The lowest BCUT2D eigenvalue weighted by molar-refractivity contribution is -0.142. The van der Waals surface area contributed by atoms with E-state index in [1.54, 1.807) is 0 Å². The zero-order valence-electron chi connectivity index (χ0n) is 19.1. The fourth-order valence-corrected chi connectivity index (χ4v) is 3.56. The molecule has 0 saturated heterocycles. The number of aliphatic carboxylic acids is 1. The maximum atomic E-state index is 13.0. The molecule has 2 aromatic rings. The lowest BCUT2D eigenvalue weighted by Crippen LogP contribution is -2.54. The number of carbonyl (C=O) groups is 3. The van der Waals surface area contributed by atoms with Gasteiger partial charge in [-0.3, -0.25) is 14.4 Å². The van der Waals surface area contributed by atoms with Crippen LogP contribution in [0.2, 0.25) is 0 Å². The summed E-state index contributed by atoms with van der Waals surface area (Å²) in [5.41, 5.74) is 1.58. The summed E-state index contributed by atoms with van der Waals surface area (Å²) in [6.45, 7) is 5.99. The summed E-state index contributed by atoms with van der Waals surface area (Å²) < 4.78 is 0. The second kappa shape index (κ2) is 12.0. The van der Waals surface area contributed by atoms with E-state index in [0.29, 0.717) is 19.4 Å². The standard InChI is InChI=1S/C26H34N2O4/c1-26(2,3)23(25(32)27-18-20-13-8-5-9-14-20)28-24(31)21(17-22(29)30)16-10-15-19-11-6-4-7-12-19/h4-9,11-14,21,23H,10,15-18H2,1-3H3,(H,27,32)(H,28,31)(H,29,30)/t21-,23-/m1/s1. The van der Waals surface area contributed by atoms with E-state index in [2.05, 4.69) is 10.6 Å². The first kappa shape index (κ1) is 25.1. The maximum Gasteiger partial charge on any atom is 0.304 e. The van der Waals surface area contributed by atoms with Gasteiger partial charge in [0.2, 0.25) is 11.8 Å². The molecule has 2 amide bonds. The Morgan fingerprint density at radius 2 is 1.44 bits per heavy atom. The first-order valence-corrected chi connectivity index (χ1v) is 11.0. The van der Waals surface area contributed by atoms with Crippen LogP contribution in [0.4, 0.5) is 0 Å². The zero-order chi connectivity index (χ0) is 23.6. The molecule has 3 N–H and O–H groups in total. The van der Waals surface area contributed by atoms with Gasteiger partial charge in [-0.15, -0.1) is 0 Å². The molecular weight excluding hydrogens is 404 g/mol. The predicted molar refractivity (Wildman–Crippen MR) is 125 cm³/mol. The largest absolute Gasteiger partial charge is 0.481 e. The van der Waals surface area contributed by atoms with Crippen LogP contribution in [0.5, 0.6) is 0 Å². The van der Waals surface area contributed by atoms with E-state index < -0.39 is 29.3 Å². The maximum absolute atomic E-state index is 13.0. The first-order valence-electron chi connectivity index (χ1n) is 11.0. The van der Waals surface area contributed by atoms with Crippen LogP contribution in [-0.4, -0.2) is 28.9 Å². The number of carbonyl (C=O) groups excluding carboxylic acids is 2. The number of hydrogen-bond donors (Lipinski definition) is 3. The van der Waals surface area contributed by atoms with Gasteiger partial charge in [0, 0.05) is 12.5 Å². The van der Waals surface area contributed by atoms with Gasteiger partial charge in [0.15, 0.2) is 0 Å². The Hall–Kier alpha value is -3.15. The molecule has 0 fully saturated rings. The number of amides is 2. The number of nitrogens with one attached hydrogen (secondary N) is 2. The molecule has 0 aliphatic rings. The van der Waals surface area contributed by atoms with E-state index in [4.69, 9.17) is 0 Å². The Kier molecular flexibility index (Phi) is 9.44. The van der Waals surface area contributed by atoms with Gasteiger partial charge in [-0.25, -0.2) is 0 Å². The molecule has 0 saturated carbocycles. The Balaban J connectivity index is 2.01. The average Bonchev–Trinajstić information content (AvgIpc) is 2.75. The molecule has 0 bridgehead atoms. The quantitative estimate of drug-likeness (QED) is 0.495. The van der Waals surface area contributed by atoms with Crippen LogP contribution in [0.3, 0.4) is 0 Å². The second-order valence-corrected chi connectivity index (χ2v) is 9.18. The molecule has 6 heteroatoms. The molecule has 0 radical (unpaired) electrons. The third kappa shape index (κ3) is 8.53. The van der Waals surface area contributed by atoms with Crippen LogP contribution in [0, 0.1) is 11.3 Å². The van der Waals surface area contributed by atoms with Crippen LogP contribution in [0.15, 0.2) is 60.7 Å². The van der Waals surface area contributed by atoms with Crippen molar-refractivity contribution in [2.75, 3.05) is 0 Å². The normalized spacial score (nSPS) is 13.1. The fraction of sp³-hybridized carbons (Fsp3) is 0.423. The molecule has 0 heterocycles. The van der Waals surface area contributed by atoms with Crippen molar-refractivity contribution in [3.8, 4) is 0 Å². The number of aryl methyl sites for hydroxylation is 1. The van der Waals surface area contributed by atoms with Crippen molar-refractivity contribution < 1.29 is 19.5 Å². The minimum atomic E-state index is -1.02. The van der Waals surface area contributed by atoms with E-state index >= 15 is 0 Å². The Bertz CT molecular complexity index is 876. The van der Waals surface area contributed by atoms with Crippen LogP contribution in [0.1, 0.15) is 51.2 Å². The third-order valence-corrected chi connectivity index (χ3v) is 5.38. The summed E-state index contributed by atoms with van der Waals surface area (Å²) >= 11 is 0. The SMILES string of the molecule is CC(C)(C)[C@H](NC(=O)[C@H](CCCc1ccccc1)CC(=O)O)C(=O)NCc1ccccc1. The van der Waals surface area contributed by atoms with E-state index in [1.807, 2.05) is 81.4 Å². The third-order valence-electron chi connectivity index (χ3n) is 5.38. The second-order valence-electron chi connectivity index (χ2n) is 9.18. The van der Waals surface area contributed by atoms with Gasteiger partial charge in [-0.05, 0) is 35.8 Å². The van der Waals surface area contributed by atoms with Crippen LogP contribution in [-0.2, 0) is 27.3 Å². The monoisotopic (exact) mass is 438 g/mol. The molecule has 0 aromatic heterocycles. The molecule has 0 unspecified atom stereocenters. The molecule has 172 valence electrons. The van der Waals surface area contributed by atoms with Crippen LogP contribution < -0.4 is 10.6 Å². The molecule has 0 aliphatic heterocycles. The lowest BCUT2D eigenvalue weighted by Gasteiger charge is -2.31. The number of hydrogen-bond acceptors (Lipinski definition) is 3. The Labute approximate surface area is 190 Å². The summed E-state index contributed by atoms with van der Waals surface area (Å²) in [7, 11) is 0. The van der Waals surface area contributed by atoms with E-state index in [9.17, 15) is 19.5 Å². The number of rotatable bonds is 11. The van der Waals surface area contributed by atoms with E-state index in [1.165, 1.54) is 0 Å². The first-order chi connectivity index (χ1) is 15.2. The molecule has 0 spiro atoms. The van der Waals surface area contributed by atoms with Crippen molar-refractivity contribution >= 4 is 17.8 Å². The molecule has 2 aromatic carbocycles. The summed E-state index contributed by atoms with van der Waals surface area (Å²) in [5, 5.41) is 15.0. The fourth-order valence-electron chi connectivity index (χ4n) is 3.56. The van der Waals surface area contributed by atoms with Gasteiger partial charge in [0.05, 0.1) is 6.42 Å². The highest BCUT2D eigenvalue weighted by molar-refractivity contribution is 5.90. The van der Waals surface area contributed by atoms with Gasteiger partial charge in [-0.1, -0.05) is 81.4 Å². The molecule has 2 atom stereocenters. The average molecular weight is 439 g/mol. The predicted octanol–water partition coefficient (Wildman–Crippen LogP) is 3.95. The van der Waals surface area contributed by atoms with Crippen molar-refractivity contribution in [1.29, 1.82) is 0 Å². The minimum absolute atomic E-state index is 0.261. The van der Waals surface area contributed by atoms with Crippen LogP contribution >= 0.6 is 0 Å². The Morgan fingerprint density at radius 1 is 0.875 bits per heavy atom. The smallest absolute Gasteiger partial charge is 0.304 e. The summed E-state index contributed by atoms with van der Waals surface area (Å²) in [6.07, 6.45) is 1.64. The molecule has 2 rings (SSSR count). The van der Waals surface area contributed by atoms with E-state index in [0.717, 1.165) is 17.5 Å². The lowest BCUT2D eigenvalue weighted by atomic mass is 9.85. The topological polar surface area (TPSA) is 95.5 Å². The summed E-state index contributed by atoms with van der Waals surface area (Å²) in [6, 6.07) is 18.6. The number of carboxylic acid groups (broad SMARTS) is 1. The van der Waals surface area contributed by atoms with Crippen molar-refractivity contribution in [2.24, 2.45) is 11.3 Å². The van der Waals surface area contributed by atoms with Crippen LogP contribution in [0.25, 0.3) is 0 Å². The molecule has 6 nitrogen and oxygen atoms in total. The van der Waals surface area contributed by atoms with Crippen molar-refractivity contribution in [3.05, 3.63) is 71.8 Å². The summed E-state index contributed by atoms with van der Waals surface area (Å²) in [5.74, 6) is -2.39. The highest BCUT2D eigenvalue weighted by Crippen LogP contribution is 2.22. The molecular formula is C26H34N2O4.